The molecule has 0 saturated heterocycles. The summed E-state index contributed by atoms with van der Waals surface area (Å²) in [5, 5.41) is 3.94. The lowest BCUT2D eigenvalue weighted by Gasteiger charge is -2.20. The highest BCUT2D eigenvalue weighted by atomic mass is 16.6. The molecule has 5 nitrogen and oxygen atoms in total. The summed E-state index contributed by atoms with van der Waals surface area (Å²) in [6.45, 7) is 6.90. The Morgan fingerprint density at radius 2 is 1.88 bits per heavy atom. The average Bonchev–Trinajstić information content (AvgIpc) is 3.11. The average molecular weight is 351 g/mol. The van der Waals surface area contributed by atoms with Crippen molar-refractivity contribution in [3.63, 3.8) is 0 Å². The number of nitrogens with zero attached hydrogens (tertiary/aromatic N) is 3. The predicted octanol–water partition coefficient (Wildman–Crippen LogP) is 3.47. The van der Waals surface area contributed by atoms with E-state index in [4.69, 9.17) is 4.84 Å². The summed E-state index contributed by atoms with van der Waals surface area (Å²) >= 11 is 0. The molecule has 0 radical (unpaired) electrons. The van der Waals surface area contributed by atoms with Gasteiger partial charge in [-0.15, -0.1) is 0 Å². The third-order valence-corrected chi connectivity index (χ3v) is 4.67. The van der Waals surface area contributed by atoms with E-state index in [0.717, 1.165) is 30.8 Å². The molecular formula is C21H25N3O2. The van der Waals surface area contributed by atoms with Crippen LogP contribution >= 0.6 is 0 Å². The van der Waals surface area contributed by atoms with E-state index in [1.807, 2.05) is 30.3 Å². The van der Waals surface area contributed by atoms with Crippen molar-refractivity contribution >= 4 is 23.5 Å². The van der Waals surface area contributed by atoms with Gasteiger partial charge in [-0.2, -0.15) is 0 Å². The van der Waals surface area contributed by atoms with Crippen LogP contribution in [0.25, 0.3) is 0 Å². The molecule has 3 rings (SSSR count). The van der Waals surface area contributed by atoms with E-state index in [2.05, 4.69) is 42.1 Å². The number of amides is 1. The molecule has 1 aliphatic heterocycles. The lowest BCUT2D eigenvalue weighted by molar-refractivity contribution is -0.122. The number of hydrogen-bond donors (Lipinski definition) is 0. The van der Waals surface area contributed by atoms with Gasteiger partial charge in [-0.3, -0.25) is 4.79 Å². The van der Waals surface area contributed by atoms with Crippen LogP contribution in [-0.2, 0) is 16.1 Å². The molecule has 2 aromatic rings. The van der Waals surface area contributed by atoms with E-state index in [1.54, 1.807) is 11.1 Å². The van der Waals surface area contributed by atoms with Crippen molar-refractivity contribution in [2.75, 3.05) is 36.0 Å². The van der Waals surface area contributed by atoms with Crippen molar-refractivity contribution in [3.05, 3.63) is 59.7 Å². The Labute approximate surface area is 154 Å². The lowest BCUT2D eigenvalue weighted by atomic mass is 10.2. The first-order chi connectivity index (χ1) is 12.7. The standard InChI is InChI=1S/C21H25N3O2/c1-3-23(4-2)19-11-9-17(10-12-19)15-22-26-16-21(25)24-14-13-18-7-5-6-8-20(18)24/h5-12,15H,3-4,13-14,16H2,1-2H3/b22-15-. The number of carbonyl (C=O) groups excluding carboxylic acids is 1. The molecule has 2 aromatic carbocycles. The Balaban J connectivity index is 1.51. The summed E-state index contributed by atoms with van der Waals surface area (Å²) in [4.78, 5) is 21.6. The summed E-state index contributed by atoms with van der Waals surface area (Å²) in [5.41, 5.74) is 4.32. The van der Waals surface area contributed by atoms with Crippen molar-refractivity contribution in [2.45, 2.75) is 20.3 Å². The van der Waals surface area contributed by atoms with Crippen molar-refractivity contribution in [3.8, 4) is 0 Å². The van der Waals surface area contributed by atoms with Crippen LogP contribution in [0.4, 0.5) is 11.4 Å². The molecule has 0 spiro atoms. The Bertz CT molecular complexity index is 767. The highest BCUT2D eigenvalue weighted by Gasteiger charge is 2.24. The minimum Gasteiger partial charge on any atom is -0.386 e. The van der Waals surface area contributed by atoms with E-state index in [0.29, 0.717) is 6.54 Å². The third kappa shape index (κ3) is 4.04. The van der Waals surface area contributed by atoms with Gasteiger partial charge in [0.2, 0.25) is 0 Å². The minimum absolute atomic E-state index is 0.0532. The van der Waals surface area contributed by atoms with E-state index in [9.17, 15) is 4.79 Å². The molecule has 0 unspecified atom stereocenters. The number of carbonyl (C=O) groups is 1. The van der Waals surface area contributed by atoms with Gasteiger partial charge in [0, 0.05) is 31.0 Å². The Morgan fingerprint density at radius 1 is 1.15 bits per heavy atom. The SMILES string of the molecule is CCN(CC)c1ccc(/C=N\OCC(=O)N2CCc3ccccc32)cc1. The molecule has 0 fully saturated rings. The van der Waals surface area contributed by atoms with Crippen molar-refractivity contribution < 1.29 is 9.63 Å². The van der Waals surface area contributed by atoms with Gasteiger partial charge in [-0.1, -0.05) is 35.5 Å². The molecule has 1 aliphatic rings. The van der Waals surface area contributed by atoms with E-state index in [-0.39, 0.29) is 12.5 Å². The number of anilines is 2. The lowest BCUT2D eigenvalue weighted by Crippen LogP contribution is -2.31. The van der Waals surface area contributed by atoms with Crippen LogP contribution < -0.4 is 9.80 Å². The molecule has 136 valence electrons. The molecule has 0 aromatic heterocycles. The van der Waals surface area contributed by atoms with E-state index >= 15 is 0 Å². The second-order valence-electron chi connectivity index (χ2n) is 6.20. The van der Waals surface area contributed by atoms with Crippen LogP contribution in [-0.4, -0.2) is 38.4 Å². The second-order valence-corrected chi connectivity index (χ2v) is 6.20. The van der Waals surface area contributed by atoms with Crippen LogP contribution in [0.1, 0.15) is 25.0 Å². The van der Waals surface area contributed by atoms with Crippen molar-refractivity contribution in [1.82, 2.24) is 0 Å². The second kappa shape index (κ2) is 8.52. The van der Waals surface area contributed by atoms with Crippen LogP contribution in [0.15, 0.2) is 53.7 Å². The molecule has 1 amide bonds. The molecule has 26 heavy (non-hydrogen) atoms. The van der Waals surface area contributed by atoms with Crippen LogP contribution in [0.2, 0.25) is 0 Å². The van der Waals surface area contributed by atoms with E-state index in [1.165, 1.54) is 11.3 Å². The first kappa shape index (κ1) is 18.0. The fourth-order valence-electron chi connectivity index (χ4n) is 3.23. The Morgan fingerprint density at radius 3 is 2.62 bits per heavy atom. The molecule has 0 bridgehead atoms. The van der Waals surface area contributed by atoms with Crippen molar-refractivity contribution in [1.29, 1.82) is 0 Å². The molecule has 1 heterocycles. The maximum Gasteiger partial charge on any atom is 0.267 e. The fraction of sp³-hybridized carbons (Fsp3) is 0.333. The first-order valence-electron chi connectivity index (χ1n) is 9.11. The van der Waals surface area contributed by atoms with Crippen molar-refractivity contribution in [2.24, 2.45) is 5.16 Å². The summed E-state index contributed by atoms with van der Waals surface area (Å²) in [6, 6.07) is 16.1. The summed E-state index contributed by atoms with van der Waals surface area (Å²) < 4.78 is 0. The van der Waals surface area contributed by atoms with Gasteiger partial charge in [0.05, 0.1) is 6.21 Å². The zero-order chi connectivity index (χ0) is 18.4. The predicted molar refractivity (Wildman–Crippen MR) is 106 cm³/mol. The number of para-hydroxylation sites is 1. The monoisotopic (exact) mass is 351 g/mol. The van der Waals surface area contributed by atoms with Crippen LogP contribution in [0.5, 0.6) is 0 Å². The number of benzene rings is 2. The van der Waals surface area contributed by atoms with Gasteiger partial charge in [-0.05, 0) is 49.6 Å². The van der Waals surface area contributed by atoms with Gasteiger partial charge in [-0.25, -0.2) is 0 Å². The highest BCUT2D eigenvalue weighted by Crippen LogP contribution is 2.27. The number of hydrogen-bond acceptors (Lipinski definition) is 4. The maximum atomic E-state index is 12.3. The molecule has 0 N–H and O–H groups in total. The molecular weight excluding hydrogens is 326 g/mol. The van der Waals surface area contributed by atoms with Gasteiger partial charge in [0.25, 0.3) is 5.91 Å². The number of fused-ring (bicyclic) bond motifs is 1. The van der Waals surface area contributed by atoms with Gasteiger partial charge in [0.1, 0.15) is 0 Å². The normalized spacial score (nSPS) is 13.1. The van der Waals surface area contributed by atoms with Crippen LogP contribution in [0.3, 0.4) is 0 Å². The topological polar surface area (TPSA) is 45.1 Å². The minimum atomic E-state index is -0.0658. The molecule has 0 atom stereocenters. The fourth-order valence-corrected chi connectivity index (χ4v) is 3.23. The zero-order valence-electron chi connectivity index (χ0n) is 15.4. The zero-order valence-corrected chi connectivity index (χ0v) is 15.4. The Hall–Kier alpha value is -2.82. The highest BCUT2D eigenvalue weighted by molar-refractivity contribution is 5.96. The number of rotatable bonds is 7. The largest absolute Gasteiger partial charge is 0.386 e. The van der Waals surface area contributed by atoms with Gasteiger partial charge in [0.15, 0.2) is 6.61 Å². The smallest absolute Gasteiger partial charge is 0.267 e. The van der Waals surface area contributed by atoms with Gasteiger partial charge < -0.3 is 14.6 Å². The first-order valence-corrected chi connectivity index (χ1v) is 9.11. The van der Waals surface area contributed by atoms with E-state index < -0.39 is 0 Å². The maximum absolute atomic E-state index is 12.3. The quantitative estimate of drug-likeness (QED) is 0.567. The third-order valence-electron chi connectivity index (χ3n) is 4.67. The van der Waals surface area contributed by atoms with Crippen LogP contribution in [0, 0.1) is 0 Å². The van der Waals surface area contributed by atoms with Gasteiger partial charge >= 0.3 is 0 Å². The molecule has 0 saturated carbocycles. The summed E-state index contributed by atoms with van der Waals surface area (Å²) in [7, 11) is 0. The molecule has 5 heteroatoms. The summed E-state index contributed by atoms with van der Waals surface area (Å²) in [6.07, 6.45) is 2.53. The Kier molecular flexibility index (Phi) is 5.89. The number of oxime groups is 1. The molecule has 0 aliphatic carbocycles. The summed E-state index contributed by atoms with van der Waals surface area (Å²) in [5.74, 6) is -0.0658.